The Bertz CT molecular complexity index is 1030. The summed E-state index contributed by atoms with van der Waals surface area (Å²) in [6, 6.07) is -1.27. The summed E-state index contributed by atoms with van der Waals surface area (Å²) in [4.78, 5) is 51.0. The monoisotopic (exact) mass is 581 g/mol. The standard InChI is InChI=1S/C26H43N7O4S2/c1-17(2)24-30-20(15-38-24)13-33(7)25(35)31-22(10-11-32(5)6)23(34)28-18(3)8-9-19(4)29-26(36)37-14-21-12-27-16-39-21/h12,15-19,22H,8-11,13-14H2,1-7H3,(H,28,34)(H,29,36)(H,31,35). The van der Waals surface area contributed by atoms with Gasteiger partial charge in [-0.1, -0.05) is 13.8 Å². The first-order valence-corrected chi connectivity index (χ1v) is 14.9. The second-order valence-corrected chi connectivity index (χ2v) is 12.2. The Morgan fingerprint density at radius 1 is 0.974 bits per heavy atom. The van der Waals surface area contributed by atoms with Gasteiger partial charge in [0.25, 0.3) is 0 Å². The third-order valence-electron chi connectivity index (χ3n) is 5.90. The molecule has 218 valence electrons. The van der Waals surface area contributed by atoms with Gasteiger partial charge in [-0.15, -0.1) is 22.7 Å². The first kappa shape index (κ1) is 32.4. The van der Waals surface area contributed by atoms with Gasteiger partial charge in [-0.2, -0.15) is 0 Å². The molecule has 0 radical (unpaired) electrons. The van der Waals surface area contributed by atoms with E-state index in [-0.39, 0.29) is 30.6 Å². The summed E-state index contributed by atoms with van der Waals surface area (Å²) in [6.07, 6.45) is 2.96. The minimum atomic E-state index is -0.677. The number of hydrogen-bond acceptors (Lipinski definition) is 9. The Hall–Kier alpha value is -2.77. The van der Waals surface area contributed by atoms with E-state index in [0.29, 0.717) is 38.3 Å². The van der Waals surface area contributed by atoms with Gasteiger partial charge in [0.15, 0.2) is 0 Å². The van der Waals surface area contributed by atoms with Crippen molar-refractivity contribution >= 4 is 40.7 Å². The van der Waals surface area contributed by atoms with Crippen LogP contribution in [0, 0.1) is 0 Å². The maximum absolute atomic E-state index is 13.1. The van der Waals surface area contributed by atoms with Gasteiger partial charge in [0.1, 0.15) is 12.6 Å². The van der Waals surface area contributed by atoms with Crippen LogP contribution in [0.25, 0.3) is 0 Å². The third kappa shape index (κ3) is 12.3. The molecular formula is C26H43N7O4S2. The number of nitrogens with zero attached hydrogens (tertiary/aromatic N) is 4. The van der Waals surface area contributed by atoms with Crippen LogP contribution in [0.15, 0.2) is 17.1 Å². The third-order valence-corrected chi connectivity index (χ3v) is 7.85. The number of urea groups is 1. The molecule has 39 heavy (non-hydrogen) atoms. The van der Waals surface area contributed by atoms with Crippen molar-refractivity contribution in [3.8, 4) is 0 Å². The van der Waals surface area contributed by atoms with E-state index in [2.05, 4.69) is 39.8 Å². The highest BCUT2D eigenvalue weighted by atomic mass is 32.1. The minimum Gasteiger partial charge on any atom is -0.444 e. The molecule has 0 fully saturated rings. The van der Waals surface area contributed by atoms with Crippen LogP contribution in [0.2, 0.25) is 0 Å². The minimum absolute atomic E-state index is 0.127. The molecule has 2 aromatic heterocycles. The number of hydrogen-bond donors (Lipinski definition) is 3. The lowest BCUT2D eigenvalue weighted by atomic mass is 10.1. The van der Waals surface area contributed by atoms with Crippen molar-refractivity contribution in [2.75, 3.05) is 27.7 Å². The summed E-state index contributed by atoms with van der Waals surface area (Å²) in [5.41, 5.74) is 2.52. The number of nitrogens with one attached hydrogen (secondary N) is 3. The fourth-order valence-electron chi connectivity index (χ4n) is 3.57. The quantitative estimate of drug-likeness (QED) is 0.292. The molecule has 11 nitrogen and oxygen atoms in total. The fourth-order valence-corrected chi connectivity index (χ4v) is 4.90. The number of thiazole rings is 2. The molecule has 2 rings (SSSR count). The molecule has 3 atom stereocenters. The summed E-state index contributed by atoms with van der Waals surface area (Å²) >= 11 is 3.02. The predicted molar refractivity (Wildman–Crippen MR) is 155 cm³/mol. The predicted octanol–water partition coefficient (Wildman–Crippen LogP) is 3.78. The number of alkyl carbamates (subject to hydrolysis) is 1. The average molecular weight is 582 g/mol. The molecule has 0 bridgehead atoms. The lowest BCUT2D eigenvalue weighted by molar-refractivity contribution is -0.123. The van der Waals surface area contributed by atoms with Gasteiger partial charge in [0, 0.05) is 36.6 Å². The highest BCUT2D eigenvalue weighted by Crippen LogP contribution is 2.19. The fraction of sp³-hybridized carbons (Fsp3) is 0.654. The van der Waals surface area contributed by atoms with E-state index in [4.69, 9.17) is 4.74 Å². The van der Waals surface area contributed by atoms with Crippen LogP contribution in [0.4, 0.5) is 9.59 Å². The SMILES string of the molecule is CC(CCC(C)NC(=O)C(CCN(C)C)NC(=O)N(C)Cc1csc(C(C)C)n1)NC(=O)OCc1cncs1. The van der Waals surface area contributed by atoms with Crippen LogP contribution in [0.5, 0.6) is 0 Å². The Morgan fingerprint density at radius 2 is 1.67 bits per heavy atom. The number of carbonyl (C=O) groups is 3. The van der Waals surface area contributed by atoms with E-state index < -0.39 is 12.1 Å². The van der Waals surface area contributed by atoms with Gasteiger partial charge >= 0.3 is 12.1 Å². The van der Waals surface area contributed by atoms with Crippen molar-refractivity contribution < 1.29 is 19.1 Å². The molecule has 3 unspecified atom stereocenters. The molecule has 2 aromatic rings. The van der Waals surface area contributed by atoms with Gasteiger partial charge in [-0.25, -0.2) is 14.6 Å². The molecule has 0 aliphatic rings. The van der Waals surface area contributed by atoms with Gasteiger partial charge in [0.05, 0.1) is 27.6 Å². The van der Waals surface area contributed by atoms with Crippen LogP contribution in [0.1, 0.15) is 68.5 Å². The number of rotatable bonds is 15. The van der Waals surface area contributed by atoms with E-state index in [1.807, 2.05) is 38.2 Å². The average Bonchev–Trinajstić information content (AvgIpc) is 3.56. The van der Waals surface area contributed by atoms with E-state index in [1.54, 1.807) is 35.0 Å². The van der Waals surface area contributed by atoms with Crippen LogP contribution in [-0.4, -0.2) is 83.6 Å². The Kier molecular flexibility index (Phi) is 13.6. The number of amides is 4. The normalized spacial score (nSPS) is 13.6. The number of ether oxygens (including phenoxy) is 1. The summed E-state index contributed by atoms with van der Waals surface area (Å²) in [7, 11) is 5.55. The maximum Gasteiger partial charge on any atom is 0.407 e. The molecule has 0 spiro atoms. The van der Waals surface area contributed by atoms with Crippen LogP contribution < -0.4 is 16.0 Å². The summed E-state index contributed by atoms with van der Waals surface area (Å²) in [6.45, 7) is 9.18. The largest absolute Gasteiger partial charge is 0.444 e. The van der Waals surface area contributed by atoms with E-state index in [9.17, 15) is 14.4 Å². The van der Waals surface area contributed by atoms with Crippen molar-refractivity contribution in [3.05, 3.63) is 32.7 Å². The van der Waals surface area contributed by atoms with Crippen molar-refractivity contribution in [1.29, 1.82) is 0 Å². The van der Waals surface area contributed by atoms with E-state index >= 15 is 0 Å². The highest BCUT2D eigenvalue weighted by molar-refractivity contribution is 7.09. The van der Waals surface area contributed by atoms with Gasteiger partial charge in [-0.3, -0.25) is 9.78 Å². The van der Waals surface area contributed by atoms with Crippen molar-refractivity contribution in [2.24, 2.45) is 0 Å². The second-order valence-electron chi connectivity index (χ2n) is 10.4. The smallest absolute Gasteiger partial charge is 0.407 e. The van der Waals surface area contributed by atoms with Crippen molar-refractivity contribution in [1.82, 2.24) is 35.7 Å². The maximum atomic E-state index is 13.1. The lowest BCUT2D eigenvalue weighted by Crippen LogP contribution is -2.52. The first-order valence-electron chi connectivity index (χ1n) is 13.2. The summed E-state index contributed by atoms with van der Waals surface area (Å²) in [5.74, 6) is 0.109. The Balaban J connectivity index is 1.82. The van der Waals surface area contributed by atoms with Crippen LogP contribution in [-0.2, 0) is 22.7 Å². The van der Waals surface area contributed by atoms with Gasteiger partial charge in [0.2, 0.25) is 5.91 Å². The Labute approximate surface area is 239 Å². The van der Waals surface area contributed by atoms with Crippen LogP contribution in [0.3, 0.4) is 0 Å². The molecule has 0 aromatic carbocycles. The molecule has 4 amide bonds. The van der Waals surface area contributed by atoms with E-state index in [0.717, 1.165) is 15.6 Å². The molecule has 2 heterocycles. The summed E-state index contributed by atoms with van der Waals surface area (Å²) < 4.78 is 5.21. The number of carbonyl (C=O) groups excluding carboxylic acids is 3. The lowest BCUT2D eigenvalue weighted by Gasteiger charge is -2.25. The van der Waals surface area contributed by atoms with Crippen molar-refractivity contribution in [2.45, 2.75) is 84.2 Å². The Morgan fingerprint density at radius 3 is 2.26 bits per heavy atom. The van der Waals surface area contributed by atoms with Crippen LogP contribution >= 0.6 is 22.7 Å². The molecule has 0 aliphatic heterocycles. The molecule has 0 aliphatic carbocycles. The highest BCUT2D eigenvalue weighted by Gasteiger charge is 2.24. The molecule has 0 saturated carbocycles. The zero-order valence-electron chi connectivity index (χ0n) is 24.0. The topological polar surface area (TPSA) is 129 Å². The second kappa shape index (κ2) is 16.4. The van der Waals surface area contributed by atoms with Gasteiger partial charge < -0.3 is 30.5 Å². The van der Waals surface area contributed by atoms with Gasteiger partial charge in [-0.05, 0) is 53.8 Å². The summed E-state index contributed by atoms with van der Waals surface area (Å²) in [5, 5.41) is 11.7. The molecule has 0 saturated heterocycles. The van der Waals surface area contributed by atoms with Crippen molar-refractivity contribution in [3.63, 3.8) is 0 Å². The van der Waals surface area contributed by atoms with E-state index in [1.165, 1.54) is 11.3 Å². The zero-order chi connectivity index (χ0) is 28.9. The first-order chi connectivity index (χ1) is 18.4. The molecular weight excluding hydrogens is 538 g/mol. The molecule has 13 heteroatoms. The molecule has 3 N–H and O–H groups in total. The zero-order valence-corrected chi connectivity index (χ0v) is 25.7. The number of aromatic nitrogens is 2.